The molecular weight excluding hydrogens is 208 g/mol. The van der Waals surface area contributed by atoms with Crippen LogP contribution in [0.3, 0.4) is 0 Å². The van der Waals surface area contributed by atoms with Crippen molar-refractivity contribution >= 4 is 0 Å². The summed E-state index contributed by atoms with van der Waals surface area (Å²) in [6.45, 7) is 0. The van der Waals surface area contributed by atoms with Gasteiger partial charge in [-0.3, -0.25) is 0 Å². The molecular formula is C12H10O4. The molecule has 0 atom stereocenters. The van der Waals surface area contributed by atoms with E-state index in [2.05, 4.69) is 0 Å². The average Bonchev–Trinajstić information content (AvgIpc) is 2.28. The van der Waals surface area contributed by atoms with Gasteiger partial charge in [0, 0.05) is 5.56 Å². The summed E-state index contributed by atoms with van der Waals surface area (Å²) >= 11 is 0. The molecule has 2 aromatic rings. The number of benzene rings is 2. The molecule has 0 amide bonds. The van der Waals surface area contributed by atoms with Gasteiger partial charge < -0.3 is 20.4 Å². The Morgan fingerprint density at radius 3 is 1.88 bits per heavy atom. The third kappa shape index (κ3) is 1.61. The van der Waals surface area contributed by atoms with Crippen molar-refractivity contribution in [1.82, 2.24) is 0 Å². The van der Waals surface area contributed by atoms with E-state index < -0.39 is 5.75 Å². The molecule has 0 saturated carbocycles. The van der Waals surface area contributed by atoms with Crippen molar-refractivity contribution in [2.24, 2.45) is 0 Å². The van der Waals surface area contributed by atoms with Gasteiger partial charge in [0.05, 0.1) is 0 Å². The maximum absolute atomic E-state index is 9.63. The van der Waals surface area contributed by atoms with Crippen LogP contribution in [0.5, 0.6) is 23.0 Å². The molecule has 16 heavy (non-hydrogen) atoms. The lowest BCUT2D eigenvalue weighted by Gasteiger charge is -2.07. The lowest BCUT2D eigenvalue weighted by molar-refractivity contribution is 0.369. The van der Waals surface area contributed by atoms with Crippen molar-refractivity contribution < 1.29 is 20.4 Å². The van der Waals surface area contributed by atoms with Crippen molar-refractivity contribution in [3.63, 3.8) is 0 Å². The summed E-state index contributed by atoms with van der Waals surface area (Å²) in [7, 11) is 0. The number of phenolic OH excluding ortho intramolecular Hbond substituents is 4. The summed E-state index contributed by atoms with van der Waals surface area (Å²) < 4.78 is 0. The summed E-state index contributed by atoms with van der Waals surface area (Å²) in [5, 5.41) is 37.3. The fraction of sp³-hybridized carbons (Fsp3) is 0. The molecule has 0 unspecified atom stereocenters. The lowest BCUT2D eigenvalue weighted by Crippen LogP contribution is -1.80. The summed E-state index contributed by atoms with van der Waals surface area (Å²) in [6.07, 6.45) is 0. The molecule has 0 heterocycles. The smallest absolute Gasteiger partial charge is 0.200 e. The molecule has 0 aromatic heterocycles. The van der Waals surface area contributed by atoms with E-state index in [9.17, 15) is 10.2 Å². The second-order valence-electron chi connectivity index (χ2n) is 3.38. The maximum Gasteiger partial charge on any atom is 0.200 e. The fourth-order valence-corrected chi connectivity index (χ4v) is 1.44. The molecule has 2 aromatic carbocycles. The van der Waals surface area contributed by atoms with Crippen LogP contribution in [-0.4, -0.2) is 20.4 Å². The molecule has 82 valence electrons. The maximum atomic E-state index is 9.63. The van der Waals surface area contributed by atoms with Crippen LogP contribution in [0.15, 0.2) is 36.4 Å². The standard InChI is InChI=1S/C12H10O4/c13-8-3-1-7(2-4-8)9-5-6-10(14)12(16)11(9)15/h1-6,13-16H. The summed E-state index contributed by atoms with van der Waals surface area (Å²) in [6, 6.07) is 8.91. The van der Waals surface area contributed by atoms with Crippen LogP contribution in [0, 0.1) is 0 Å². The Hall–Kier alpha value is -2.36. The molecule has 4 nitrogen and oxygen atoms in total. The molecule has 4 heteroatoms. The van der Waals surface area contributed by atoms with Crippen LogP contribution >= 0.6 is 0 Å². The van der Waals surface area contributed by atoms with Gasteiger partial charge in [0.2, 0.25) is 5.75 Å². The van der Waals surface area contributed by atoms with E-state index in [1.165, 1.54) is 24.3 Å². The van der Waals surface area contributed by atoms with Crippen LogP contribution in [0.2, 0.25) is 0 Å². The van der Waals surface area contributed by atoms with E-state index in [0.717, 1.165) is 0 Å². The van der Waals surface area contributed by atoms with Crippen molar-refractivity contribution in [2.75, 3.05) is 0 Å². The predicted octanol–water partition coefficient (Wildman–Crippen LogP) is 2.18. The Balaban J connectivity index is 2.57. The second kappa shape index (κ2) is 3.66. The van der Waals surface area contributed by atoms with E-state index in [1.807, 2.05) is 0 Å². The van der Waals surface area contributed by atoms with Gasteiger partial charge in [-0.05, 0) is 29.8 Å². The number of rotatable bonds is 1. The topological polar surface area (TPSA) is 80.9 Å². The van der Waals surface area contributed by atoms with E-state index in [0.29, 0.717) is 11.1 Å². The zero-order valence-corrected chi connectivity index (χ0v) is 8.25. The largest absolute Gasteiger partial charge is 0.508 e. The van der Waals surface area contributed by atoms with E-state index in [1.54, 1.807) is 12.1 Å². The average molecular weight is 218 g/mol. The zero-order valence-electron chi connectivity index (χ0n) is 8.25. The first-order valence-electron chi connectivity index (χ1n) is 4.63. The van der Waals surface area contributed by atoms with Crippen LogP contribution in [-0.2, 0) is 0 Å². The quantitative estimate of drug-likeness (QED) is 0.553. The fourth-order valence-electron chi connectivity index (χ4n) is 1.44. The predicted molar refractivity (Wildman–Crippen MR) is 58.5 cm³/mol. The van der Waals surface area contributed by atoms with E-state index in [-0.39, 0.29) is 17.2 Å². The van der Waals surface area contributed by atoms with Gasteiger partial charge in [-0.1, -0.05) is 12.1 Å². The highest BCUT2D eigenvalue weighted by Crippen LogP contribution is 2.42. The SMILES string of the molecule is Oc1ccc(-c2ccc(O)c(O)c2O)cc1. The van der Waals surface area contributed by atoms with Crippen molar-refractivity contribution in [3.05, 3.63) is 36.4 Å². The van der Waals surface area contributed by atoms with Crippen molar-refractivity contribution in [3.8, 4) is 34.1 Å². The minimum absolute atomic E-state index is 0.117. The molecule has 0 aliphatic heterocycles. The zero-order chi connectivity index (χ0) is 11.7. The second-order valence-corrected chi connectivity index (χ2v) is 3.38. The van der Waals surface area contributed by atoms with Gasteiger partial charge in [0.1, 0.15) is 5.75 Å². The molecule has 0 aliphatic rings. The van der Waals surface area contributed by atoms with E-state index >= 15 is 0 Å². The van der Waals surface area contributed by atoms with Gasteiger partial charge in [-0.25, -0.2) is 0 Å². The molecule has 0 spiro atoms. The Kier molecular flexibility index (Phi) is 2.32. The molecule has 0 fully saturated rings. The Labute approximate surface area is 91.7 Å². The highest BCUT2D eigenvalue weighted by molar-refractivity contribution is 5.75. The molecule has 0 bridgehead atoms. The minimum atomic E-state index is -0.550. The molecule has 0 saturated heterocycles. The van der Waals surface area contributed by atoms with Gasteiger partial charge in [-0.15, -0.1) is 0 Å². The highest BCUT2D eigenvalue weighted by Gasteiger charge is 2.12. The highest BCUT2D eigenvalue weighted by atomic mass is 16.3. The van der Waals surface area contributed by atoms with Gasteiger partial charge in [0.25, 0.3) is 0 Å². The van der Waals surface area contributed by atoms with Gasteiger partial charge >= 0.3 is 0 Å². The normalized spacial score (nSPS) is 10.2. The van der Waals surface area contributed by atoms with Crippen LogP contribution in [0.4, 0.5) is 0 Å². The van der Waals surface area contributed by atoms with Crippen molar-refractivity contribution in [1.29, 1.82) is 0 Å². The lowest BCUT2D eigenvalue weighted by atomic mass is 10.0. The summed E-state index contributed by atoms with van der Waals surface area (Å²) in [4.78, 5) is 0. The molecule has 0 aliphatic carbocycles. The van der Waals surface area contributed by atoms with Crippen LogP contribution in [0.1, 0.15) is 0 Å². The first-order valence-corrected chi connectivity index (χ1v) is 4.63. The summed E-state index contributed by atoms with van der Waals surface area (Å²) in [5.74, 6) is -1.19. The van der Waals surface area contributed by atoms with Gasteiger partial charge in [-0.2, -0.15) is 0 Å². The number of hydrogen-bond acceptors (Lipinski definition) is 4. The third-order valence-electron chi connectivity index (χ3n) is 2.31. The first-order chi connectivity index (χ1) is 7.59. The van der Waals surface area contributed by atoms with E-state index in [4.69, 9.17) is 10.2 Å². The van der Waals surface area contributed by atoms with Gasteiger partial charge in [0.15, 0.2) is 11.5 Å². The molecule has 0 radical (unpaired) electrons. The van der Waals surface area contributed by atoms with Crippen molar-refractivity contribution in [2.45, 2.75) is 0 Å². The summed E-state index contributed by atoms with van der Waals surface area (Å²) in [5.41, 5.74) is 1.01. The Morgan fingerprint density at radius 2 is 1.25 bits per heavy atom. The third-order valence-corrected chi connectivity index (χ3v) is 2.31. The van der Waals surface area contributed by atoms with Crippen LogP contribution in [0.25, 0.3) is 11.1 Å². The number of aromatic hydroxyl groups is 4. The first kappa shape index (κ1) is 10.2. The Bertz CT molecular complexity index is 517. The molecule has 2 rings (SSSR count). The molecule has 4 N–H and O–H groups in total. The Morgan fingerprint density at radius 1 is 0.625 bits per heavy atom. The van der Waals surface area contributed by atoms with Crippen LogP contribution < -0.4 is 0 Å². The monoisotopic (exact) mass is 218 g/mol. The number of phenols is 4. The minimum Gasteiger partial charge on any atom is -0.508 e. The number of hydrogen-bond donors (Lipinski definition) is 4.